The number of hydrogen-bond acceptors (Lipinski definition) is 7. The molecule has 0 spiro atoms. The summed E-state index contributed by atoms with van der Waals surface area (Å²) in [5.74, 6) is -2.10. The summed E-state index contributed by atoms with van der Waals surface area (Å²) < 4.78 is 10.1. The van der Waals surface area contributed by atoms with E-state index in [0.717, 1.165) is 0 Å². The van der Waals surface area contributed by atoms with E-state index >= 15 is 0 Å². The molecule has 1 heterocycles. The quantitative estimate of drug-likeness (QED) is 0.314. The van der Waals surface area contributed by atoms with E-state index in [2.05, 4.69) is 21.2 Å². The summed E-state index contributed by atoms with van der Waals surface area (Å²) in [7, 11) is 1.24. The maximum atomic E-state index is 12.7. The molecule has 9 heteroatoms. The molecule has 0 bridgehead atoms. The number of dihydropyridines is 1. The summed E-state index contributed by atoms with van der Waals surface area (Å²) in [5, 5.41) is 14.5. The molecule has 1 unspecified atom stereocenters. The topological polar surface area (TPSA) is 108 Å². The highest BCUT2D eigenvalue weighted by Gasteiger charge is 2.38. The van der Waals surface area contributed by atoms with E-state index in [0.29, 0.717) is 22.3 Å². The molecule has 1 aliphatic heterocycles. The van der Waals surface area contributed by atoms with Crippen LogP contribution in [0, 0.1) is 10.1 Å². The van der Waals surface area contributed by atoms with Crippen molar-refractivity contribution in [1.29, 1.82) is 0 Å². The molecule has 2 rings (SSSR count). The second-order valence-electron chi connectivity index (χ2n) is 5.69. The molecular formula is C18H19BrN2O6. The van der Waals surface area contributed by atoms with Crippen molar-refractivity contribution in [3.63, 3.8) is 0 Å². The van der Waals surface area contributed by atoms with Gasteiger partial charge in [-0.15, -0.1) is 0 Å². The SMILES string of the molecule is CCOC(=O)C1=C(CBr)NC(C)=C(C(=O)OC)C1c1cccc([N+](=O)[O-])c1. The number of halogens is 1. The normalized spacial score (nSPS) is 16.7. The average molecular weight is 439 g/mol. The number of methoxy groups -OCH3 is 1. The Morgan fingerprint density at radius 3 is 2.56 bits per heavy atom. The van der Waals surface area contributed by atoms with E-state index in [4.69, 9.17) is 9.47 Å². The lowest BCUT2D eigenvalue weighted by Crippen LogP contribution is -2.33. The number of ether oxygens (including phenoxy) is 2. The van der Waals surface area contributed by atoms with Crippen LogP contribution in [0.1, 0.15) is 25.3 Å². The standard InChI is InChI=1S/C18H19BrN2O6/c1-4-27-18(23)16-13(9-19)20-10(2)14(17(22)26-3)15(16)11-6-5-7-12(8-11)21(24)25/h5-8,15,20H,4,9H2,1-3H3. The van der Waals surface area contributed by atoms with Crippen LogP contribution in [0.2, 0.25) is 0 Å². The number of allylic oxidation sites excluding steroid dienone is 2. The van der Waals surface area contributed by atoms with Crippen molar-refractivity contribution < 1.29 is 24.0 Å². The number of rotatable bonds is 6. The summed E-state index contributed by atoms with van der Waals surface area (Å²) in [6.45, 7) is 3.50. The van der Waals surface area contributed by atoms with E-state index in [1.807, 2.05) is 0 Å². The molecule has 0 amide bonds. The highest BCUT2D eigenvalue weighted by atomic mass is 79.9. The Morgan fingerprint density at radius 2 is 2.00 bits per heavy atom. The van der Waals surface area contributed by atoms with Crippen LogP contribution in [-0.2, 0) is 19.1 Å². The van der Waals surface area contributed by atoms with Crippen molar-refractivity contribution in [2.24, 2.45) is 0 Å². The third-order valence-corrected chi connectivity index (χ3v) is 4.65. The molecule has 0 fully saturated rings. The zero-order valence-corrected chi connectivity index (χ0v) is 16.7. The first-order chi connectivity index (χ1) is 12.8. The summed E-state index contributed by atoms with van der Waals surface area (Å²) in [4.78, 5) is 35.8. The fourth-order valence-electron chi connectivity index (χ4n) is 2.98. The lowest BCUT2D eigenvalue weighted by atomic mass is 9.80. The van der Waals surface area contributed by atoms with Gasteiger partial charge < -0.3 is 14.8 Å². The molecule has 1 aromatic rings. The van der Waals surface area contributed by atoms with Crippen LogP contribution in [0.3, 0.4) is 0 Å². The Hall–Kier alpha value is -2.68. The van der Waals surface area contributed by atoms with Gasteiger partial charge in [-0.2, -0.15) is 0 Å². The number of non-ortho nitro benzene ring substituents is 1. The molecule has 1 aliphatic rings. The van der Waals surface area contributed by atoms with Crippen LogP contribution < -0.4 is 5.32 Å². The number of carbonyl (C=O) groups is 2. The number of carbonyl (C=O) groups excluding carboxylic acids is 2. The molecule has 8 nitrogen and oxygen atoms in total. The molecule has 1 aromatic carbocycles. The monoisotopic (exact) mass is 438 g/mol. The van der Waals surface area contributed by atoms with Gasteiger partial charge in [-0.05, 0) is 19.4 Å². The number of benzene rings is 1. The Balaban J connectivity index is 2.74. The van der Waals surface area contributed by atoms with Crippen LogP contribution >= 0.6 is 15.9 Å². The molecule has 0 saturated carbocycles. The van der Waals surface area contributed by atoms with Crippen LogP contribution in [0.4, 0.5) is 5.69 Å². The minimum absolute atomic E-state index is 0.142. The number of nitro benzene ring substituents is 1. The first-order valence-corrected chi connectivity index (χ1v) is 9.24. The first-order valence-electron chi connectivity index (χ1n) is 8.12. The van der Waals surface area contributed by atoms with Gasteiger partial charge in [0.15, 0.2) is 0 Å². The minimum atomic E-state index is -0.856. The zero-order chi connectivity index (χ0) is 20.1. The van der Waals surface area contributed by atoms with Crippen LogP contribution in [0.25, 0.3) is 0 Å². The first kappa shape index (κ1) is 20.6. The van der Waals surface area contributed by atoms with E-state index in [1.165, 1.54) is 25.3 Å². The number of nitro groups is 1. The Labute approximate surface area is 164 Å². The maximum absolute atomic E-state index is 12.7. The lowest BCUT2D eigenvalue weighted by molar-refractivity contribution is -0.384. The fourth-order valence-corrected chi connectivity index (χ4v) is 3.43. The summed E-state index contributed by atoms with van der Waals surface area (Å²) in [5.41, 5.74) is 1.71. The van der Waals surface area contributed by atoms with Gasteiger partial charge in [0.25, 0.3) is 5.69 Å². The predicted octanol–water partition coefficient (Wildman–Crippen LogP) is 2.94. The number of esters is 2. The minimum Gasteiger partial charge on any atom is -0.466 e. The predicted molar refractivity (Wildman–Crippen MR) is 101 cm³/mol. The van der Waals surface area contributed by atoms with Gasteiger partial charge in [0.05, 0.1) is 35.7 Å². The van der Waals surface area contributed by atoms with Crippen molar-refractivity contribution >= 4 is 33.6 Å². The summed E-state index contributed by atoms with van der Waals surface area (Å²) >= 11 is 3.33. The molecule has 27 heavy (non-hydrogen) atoms. The van der Waals surface area contributed by atoms with Crippen LogP contribution in [-0.4, -0.2) is 35.9 Å². The van der Waals surface area contributed by atoms with E-state index in [1.54, 1.807) is 19.9 Å². The highest BCUT2D eigenvalue weighted by molar-refractivity contribution is 9.09. The van der Waals surface area contributed by atoms with Gasteiger partial charge in [0, 0.05) is 28.9 Å². The number of nitrogens with one attached hydrogen (secondary N) is 1. The van der Waals surface area contributed by atoms with Crippen molar-refractivity contribution in [1.82, 2.24) is 5.32 Å². The van der Waals surface area contributed by atoms with Gasteiger partial charge in [0.1, 0.15) is 0 Å². The summed E-state index contributed by atoms with van der Waals surface area (Å²) in [6.07, 6.45) is 0. The summed E-state index contributed by atoms with van der Waals surface area (Å²) in [6, 6.07) is 5.83. The van der Waals surface area contributed by atoms with Crippen molar-refractivity contribution in [2.75, 3.05) is 19.0 Å². The zero-order valence-electron chi connectivity index (χ0n) is 15.1. The molecule has 0 aromatic heterocycles. The molecule has 1 atom stereocenters. The molecule has 1 N–H and O–H groups in total. The molecule has 0 aliphatic carbocycles. The number of hydrogen-bond donors (Lipinski definition) is 1. The van der Waals surface area contributed by atoms with E-state index < -0.39 is 22.8 Å². The van der Waals surface area contributed by atoms with Crippen LogP contribution in [0.5, 0.6) is 0 Å². The highest BCUT2D eigenvalue weighted by Crippen LogP contribution is 2.40. The Bertz CT molecular complexity index is 846. The van der Waals surface area contributed by atoms with Gasteiger partial charge in [0.2, 0.25) is 0 Å². The molecule has 0 radical (unpaired) electrons. The van der Waals surface area contributed by atoms with E-state index in [9.17, 15) is 19.7 Å². The van der Waals surface area contributed by atoms with Gasteiger partial charge in [-0.25, -0.2) is 9.59 Å². The fraction of sp³-hybridized carbons (Fsp3) is 0.333. The maximum Gasteiger partial charge on any atom is 0.336 e. The molecular weight excluding hydrogens is 420 g/mol. The van der Waals surface area contributed by atoms with Gasteiger partial charge >= 0.3 is 11.9 Å². The molecule has 144 valence electrons. The van der Waals surface area contributed by atoms with E-state index in [-0.39, 0.29) is 23.4 Å². The third kappa shape index (κ3) is 4.19. The van der Waals surface area contributed by atoms with Crippen molar-refractivity contribution in [2.45, 2.75) is 19.8 Å². The smallest absolute Gasteiger partial charge is 0.336 e. The Kier molecular flexibility index (Phi) is 6.73. The van der Waals surface area contributed by atoms with Crippen molar-refractivity contribution in [3.8, 4) is 0 Å². The third-order valence-electron chi connectivity index (χ3n) is 4.09. The van der Waals surface area contributed by atoms with Gasteiger partial charge in [-0.3, -0.25) is 10.1 Å². The number of alkyl halides is 1. The second-order valence-corrected chi connectivity index (χ2v) is 6.25. The second kappa shape index (κ2) is 8.81. The largest absolute Gasteiger partial charge is 0.466 e. The van der Waals surface area contributed by atoms with Gasteiger partial charge in [-0.1, -0.05) is 28.1 Å². The number of nitrogens with zero attached hydrogens (tertiary/aromatic N) is 1. The van der Waals surface area contributed by atoms with Crippen molar-refractivity contribution in [3.05, 3.63) is 62.5 Å². The Morgan fingerprint density at radius 1 is 1.30 bits per heavy atom. The lowest BCUT2D eigenvalue weighted by Gasteiger charge is -2.30. The average Bonchev–Trinajstić information content (AvgIpc) is 2.66. The molecule has 0 saturated heterocycles. The van der Waals surface area contributed by atoms with Crippen LogP contribution in [0.15, 0.2) is 46.8 Å².